The zero-order valence-corrected chi connectivity index (χ0v) is 10.8. The Kier molecular flexibility index (Phi) is 7.21. The molecule has 0 heterocycles. The van der Waals surface area contributed by atoms with Gasteiger partial charge in [0, 0.05) is 12.6 Å². The molecule has 0 aromatic heterocycles. The number of carbonyl (C=O) groups is 2. The van der Waals surface area contributed by atoms with Crippen LogP contribution < -0.4 is 5.32 Å². The lowest BCUT2D eigenvalue weighted by molar-refractivity contribution is -0.151. The monoisotopic (exact) mass is 243 g/mol. The van der Waals surface area contributed by atoms with Gasteiger partial charge in [-0.15, -0.1) is 0 Å². The van der Waals surface area contributed by atoms with E-state index in [0.717, 1.165) is 6.08 Å². The van der Waals surface area contributed by atoms with E-state index in [2.05, 4.69) is 5.32 Å². The molecule has 2 N–H and O–H groups in total. The first-order chi connectivity index (χ1) is 7.84. The number of nitrogens with one attached hydrogen (secondary N) is 1. The maximum atomic E-state index is 11.7. The Labute approximate surface area is 102 Å². The van der Waals surface area contributed by atoms with Crippen molar-refractivity contribution in [3.05, 3.63) is 12.2 Å². The van der Waals surface area contributed by atoms with Crippen LogP contribution in [-0.4, -0.2) is 35.7 Å². The second kappa shape index (κ2) is 7.84. The molecule has 0 aliphatic carbocycles. The molecule has 0 aromatic carbocycles. The zero-order valence-electron chi connectivity index (χ0n) is 10.8. The van der Waals surface area contributed by atoms with E-state index >= 15 is 0 Å². The van der Waals surface area contributed by atoms with E-state index in [1.165, 1.54) is 6.08 Å². The number of hydrogen-bond acceptors (Lipinski definition) is 4. The lowest BCUT2D eigenvalue weighted by atomic mass is 10.0. The lowest BCUT2D eigenvalue weighted by Crippen LogP contribution is -2.43. The van der Waals surface area contributed by atoms with Crippen LogP contribution in [0.4, 0.5) is 0 Å². The summed E-state index contributed by atoms with van der Waals surface area (Å²) in [5, 5.41) is 11.4. The van der Waals surface area contributed by atoms with Crippen LogP contribution in [0.1, 0.15) is 27.7 Å². The summed E-state index contributed by atoms with van der Waals surface area (Å²) in [5.74, 6) is -1.23. The minimum atomic E-state index is -1.00. The Hall–Kier alpha value is -1.36. The van der Waals surface area contributed by atoms with Crippen molar-refractivity contribution in [1.29, 1.82) is 0 Å². The predicted molar refractivity (Wildman–Crippen MR) is 64.6 cm³/mol. The summed E-state index contributed by atoms with van der Waals surface area (Å²) in [5.41, 5.74) is 0. The number of ether oxygens (including phenoxy) is 1. The normalized spacial score (nSPS) is 13.3. The van der Waals surface area contributed by atoms with Gasteiger partial charge < -0.3 is 15.2 Å². The molecule has 0 saturated heterocycles. The van der Waals surface area contributed by atoms with Crippen molar-refractivity contribution in [1.82, 2.24) is 5.32 Å². The molecule has 0 saturated carbocycles. The van der Waals surface area contributed by atoms with Crippen LogP contribution in [-0.2, 0) is 14.3 Å². The molecule has 0 rings (SSSR count). The first kappa shape index (κ1) is 15.6. The molecule has 0 amide bonds. The third kappa shape index (κ3) is 7.52. The molecule has 17 heavy (non-hydrogen) atoms. The van der Waals surface area contributed by atoms with Gasteiger partial charge in [0.1, 0.15) is 6.04 Å². The molecule has 0 bridgehead atoms. The van der Waals surface area contributed by atoms with Gasteiger partial charge in [-0.2, -0.15) is 0 Å². The van der Waals surface area contributed by atoms with E-state index in [9.17, 15) is 9.59 Å². The van der Waals surface area contributed by atoms with Gasteiger partial charge in [0.05, 0.1) is 6.10 Å². The Morgan fingerprint density at radius 1 is 1.29 bits per heavy atom. The van der Waals surface area contributed by atoms with Crippen molar-refractivity contribution < 1.29 is 19.4 Å². The van der Waals surface area contributed by atoms with Crippen molar-refractivity contribution in [2.75, 3.05) is 6.54 Å². The third-order valence-corrected chi connectivity index (χ3v) is 1.99. The average molecular weight is 243 g/mol. The molecule has 1 atom stereocenters. The van der Waals surface area contributed by atoms with Crippen LogP contribution >= 0.6 is 0 Å². The summed E-state index contributed by atoms with van der Waals surface area (Å²) in [4.78, 5) is 21.9. The van der Waals surface area contributed by atoms with Crippen LogP contribution in [0.5, 0.6) is 0 Å². The number of carboxylic acid groups (broad SMARTS) is 1. The van der Waals surface area contributed by atoms with Crippen LogP contribution in [0.3, 0.4) is 0 Å². The number of rotatable bonds is 7. The van der Waals surface area contributed by atoms with Gasteiger partial charge in [0.15, 0.2) is 0 Å². The standard InChI is InChI=1S/C12H21NO4/c1-8(2)11(12(16)17-9(3)4)13-7-5-6-10(14)15/h5-6,8-9,11,13H,7H2,1-4H3,(H,14,15)/b6-5+/t11-/m0/s1. The fraction of sp³-hybridized carbons (Fsp3) is 0.667. The number of carbonyl (C=O) groups excluding carboxylic acids is 1. The smallest absolute Gasteiger partial charge is 0.328 e. The van der Waals surface area contributed by atoms with Gasteiger partial charge >= 0.3 is 11.9 Å². The van der Waals surface area contributed by atoms with Gasteiger partial charge in [-0.3, -0.25) is 4.79 Å². The Morgan fingerprint density at radius 2 is 1.88 bits per heavy atom. The highest BCUT2D eigenvalue weighted by Crippen LogP contribution is 2.05. The highest BCUT2D eigenvalue weighted by atomic mass is 16.5. The largest absolute Gasteiger partial charge is 0.478 e. The topological polar surface area (TPSA) is 75.6 Å². The van der Waals surface area contributed by atoms with Crippen molar-refractivity contribution >= 4 is 11.9 Å². The van der Waals surface area contributed by atoms with Crippen LogP contribution in [0, 0.1) is 5.92 Å². The number of hydrogen-bond donors (Lipinski definition) is 2. The second-order valence-corrected chi connectivity index (χ2v) is 4.36. The van der Waals surface area contributed by atoms with Crippen molar-refractivity contribution in [2.45, 2.75) is 39.8 Å². The van der Waals surface area contributed by atoms with E-state index in [4.69, 9.17) is 9.84 Å². The van der Waals surface area contributed by atoms with E-state index in [-0.39, 0.29) is 18.0 Å². The van der Waals surface area contributed by atoms with Crippen LogP contribution in [0.2, 0.25) is 0 Å². The molecule has 0 unspecified atom stereocenters. The van der Waals surface area contributed by atoms with Gasteiger partial charge in [-0.1, -0.05) is 19.9 Å². The molecule has 0 spiro atoms. The molecule has 0 aliphatic heterocycles. The molecular weight excluding hydrogens is 222 g/mol. The first-order valence-electron chi connectivity index (χ1n) is 5.68. The van der Waals surface area contributed by atoms with Gasteiger partial charge in [-0.25, -0.2) is 4.79 Å². The minimum absolute atomic E-state index is 0.0829. The van der Waals surface area contributed by atoms with Crippen molar-refractivity contribution in [3.63, 3.8) is 0 Å². The molecule has 0 fully saturated rings. The molecular formula is C12H21NO4. The summed E-state index contributed by atoms with van der Waals surface area (Å²) < 4.78 is 5.11. The molecule has 0 aliphatic rings. The van der Waals surface area contributed by atoms with Gasteiger partial charge in [0.2, 0.25) is 0 Å². The fourth-order valence-corrected chi connectivity index (χ4v) is 1.25. The maximum Gasteiger partial charge on any atom is 0.328 e. The molecule has 5 heteroatoms. The highest BCUT2D eigenvalue weighted by molar-refractivity contribution is 5.79. The minimum Gasteiger partial charge on any atom is -0.478 e. The van der Waals surface area contributed by atoms with Gasteiger partial charge in [-0.05, 0) is 19.8 Å². The van der Waals surface area contributed by atoms with Crippen molar-refractivity contribution in [3.8, 4) is 0 Å². The Morgan fingerprint density at radius 3 is 2.29 bits per heavy atom. The average Bonchev–Trinajstić information content (AvgIpc) is 2.14. The number of esters is 1. The summed E-state index contributed by atoms with van der Waals surface area (Å²) in [6.45, 7) is 7.71. The third-order valence-electron chi connectivity index (χ3n) is 1.99. The number of aliphatic carboxylic acids is 1. The van der Waals surface area contributed by atoms with Gasteiger partial charge in [0.25, 0.3) is 0 Å². The van der Waals surface area contributed by atoms with Crippen LogP contribution in [0.25, 0.3) is 0 Å². The van der Waals surface area contributed by atoms with E-state index < -0.39 is 12.0 Å². The van der Waals surface area contributed by atoms with E-state index in [1.807, 2.05) is 13.8 Å². The molecule has 98 valence electrons. The summed E-state index contributed by atoms with van der Waals surface area (Å²) in [7, 11) is 0. The molecule has 0 aromatic rings. The Balaban J connectivity index is 4.25. The summed E-state index contributed by atoms with van der Waals surface area (Å²) in [6.07, 6.45) is 2.35. The quantitative estimate of drug-likeness (QED) is 0.519. The summed E-state index contributed by atoms with van der Waals surface area (Å²) >= 11 is 0. The highest BCUT2D eigenvalue weighted by Gasteiger charge is 2.23. The second-order valence-electron chi connectivity index (χ2n) is 4.36. The molecule has 0 radical (unpaired) electrons. The zero-order chi connectivity index (χ0) is 13.4. The Bertz CT molecular complexity index is 284. The number of carboxylic acids is 1. The maximum absolute atomic E-state index is 11.7. The first-order valence-corrected chi connectivity index (χ1v) is 5.68. The SMILES string of the molecule is CC(C)OC(=O)[C@@H](NC/C=C/C(=O)O)C(C)C. The van der Waals surface area contributed by atoms with E-state index in [1.54, 1.807) is 13.8 Å². The van der Waals surface area contributed by atoms with E-state index in [0.29, 0.717) is 6.54 Å². The van der Waals surface area contributed by atoms with Crippen molar-refractivity contribution in [2.24, 2.45) is 5.92 Å². The molecule has 5 nitrogen and oxygen atoms in total. The predicted octanol–water partition coefficient (Wildman–Crippen LogP) is 1.19. The van der Waals surface area contributed by atoms with Crippen LogP contribution in [0.15, 0.2) is 12.2 Å². The summed E-state index contributed by atoms with van der Waals surface area (Å²) in [6, 6.07) is -0.421. The fourth-order valence-electron chi connectivity index (χ4n) is 1.25. The lowest BCUT2D eigenvalue weighted by Gasteiger charge is -2.21.